The molecular formula is C11H12O2S2. The van der Waals surface area contributed by atoms with E-state index in [1.165, 1.54) is 6.26 Å². The lowest BCUT2D eigenvalue weighted by molar-refractivity contribution is 0.601. The molecule has 0 aliphatic heterocycles. The molecule has 15 heavy (non-hydrogen) atoms. The van der Waals surface area contributed by atoms with Gasteiger partial charge in [-0.25, -0.2) is 8.42 Å². The fraction of sp³-hybridized carbons (Fsp3) is 0.273. The van der Waals surface area contributed by atoms with Crippen molar-refractivity contribution in [3.63, 3.8) is 0 Å². The first-order chi connectivity index (χ1) is 7.05. The number of benzene rings is 1. The monoisotopic (exact) mass is 240 g/mol. The van der Waals surface area contributed by atoms with Gasteiger partial charge in [-0.1, -0.05) is 24.0 Å². The molecule has 0 aliphatic carbocycles. The summed E-state index contributed by atoms with van der Waals surface area (Å²) < 4.78 is 22.8. The molecule has 2 nitrogen and oxygen atoms in total. The zero-order valence-corrected chi connectivity index (χ0v) is 10.1. The Labute approximate surface area is 96.0 Å². The van der Waals surface area contributed by atoms with Gasteiger partial charge in [-0.3, -0.25) is 0 Å². The van der Waals surface area contributed by atoms with Gasteiger partial charge in [0, 0.05) is 24.0 Å². The molecule has 1 aromatic rings. The van der Waals surface area contributed by atoms with E-state index in [0.717, 1.165) is 0 Å². The standard InChI is InChI=1S/C11H12O2S2/c1-15(12,13)11-8-3-2-6-10(11)7-4-5-9-14/h2-3,6,8,14H,5,9H2,1H3. The molecule has 0 heterocycles. The lowest BCUT2D eigenvalue weighted by atomic mass is 10.2. The minimum absolute atomic E-state index is 0.289. The van der Waals surface area contributed by atoms with Crippen molar-refractivity contribution in [1.82, 2.24) is 0 Å². The molecular weight excluding hydrogens is 228 g/mol. The van der Waals surface area contributed by atoms with Crippen LogP contribution in [0, 0.1) is 11.8 Å². The van der Waals surface area contributed by atoms with E-state index in [4.69, 9.17) is 0 Å². The normalized spacial score (nSPS) is 10.5. The molecule has 4 heteroatoms. The SMILES string of the molecule is CS(=O)(=O)c1ccccc1C#CCCS. The van der Waals surface area contributed by atoms with Gasteiger partial charge in [0.05, 0.1) is 4.90 Å². The average molecular weight is 240 g/mol. The van der Waals surface area contributed by atoms with Crippen molar-refractivity contribution in [1.29, 1.82) is 0 Å². The molecule has 0 aliphatic rings. The van der Waals surface area contributed by atoms with Crippen molar-refractivity contribution < 1.29 is 8.42 Å². The average Bonchev–Trinajstić information content (AvgIpc) is 2.17. The molecule has 0 bridgehead atoms. The Morgan fingerprint density at radius 2 is 2.00 bits per heavy atom. The molecule has 1 aromatic carbocycles. The van der Waals surface area contributed by atoms with E-state index in [0.29, 0.717) is 17.7 Å². The quantitative estimate of drug-likeness (QED) is 0.631. The van der Waals surface area contributed by atoms with Gasteiger partial charge in [0.15, 0.2) is 9.84 Å². The van der Waals surface area contributed by atoms with Crippen LogP contribution in [0.2, 0.25) is 0 Å². The van der Waals surface area contributed by atoms with Crippen LogP contribution in [0.25, 0.3) is 0 Å². The van der Waals surface area contributed by atoms with Gasteiger partial charge in [0.25, 0.3) is 0 Å². The predicted molar refractivity (Wildman–Crippen MR) is 64.9 cm³/mol. The molecule has 0 saturated heterocycles. The van der Waals surface area contributed by atoms with Crippen LogP contribution in [0.4, 0.5) is 0 Å². The molecule has 0 aromatic heterocycles. The highest BCUT2D eigenvalue weighted by atomic mass is 32.2. The Morgan fingerprint density at radius 1 is 1.33 bits per heavy atom. The molecule has 0 atom stereocenters. The summed E-state index contributed by atoms with van der Waals surface area (Å²) in [7, 11) is -3.19. The van der Waals surface area contributed by atoms with Crippen LogP contribution in [0.1, 0.15) is 12.0 Å². The second-order valence-electron chi connectivity index (χ2n) is 3.04. The summed E-state index contributed by atoms with van der Waals surface area (Å²) in [4.78, 5) is 0.289. The Hall–Kier alpha value is -0.920. The second kappa shape index (κ2) is 5.24. The van der Waals surface area contributed by atoms with Gasteiger partial charge in [0.2, 0.25) is 0 Å². The summed E-state index contributed by atoms with van der Waals surface area (Å²) in [6.07, 6.45) is 1.84. The Bertz CT molecular complexity index is 493. The Kier molecular flexibility index (Phi) is 4.25. The van der Waals surface area contributed by atoms with E-state index < -0.39 is 9.84 Å². The molecule has 1 rings (SSSR count). The van der Waals surface area contributed by atoms with Crippen LogP contribution in [0.3, 0.4) is 0 Å². The van der Waals surface area contributed by atoms with Crippen molar-refractivity contribution in [3.05, 3.63) is 29.8 Å². The predicted octanol–water partition coefficient (Wildman–Crippen LogP) is 1.76. The molecule has 80 valence electrons. The van der Waals surface area contributed by atoms with Gasteiger partial charge in [-0.2, -0.15) is 12.6 Å². The second-order valence-corrected chi connectivity index (χ2v) is 5.48. The van der Waals surface area contributed by atoms with E-state index in [1.807, 2.05) is 0 Å². The van der Waals surface area contributed by atoms with E-state index in [9.17, 15) is 8.42 Å². The van der Waals surface area contributed by atoms with Crippen LogP contribution in [0.15, 0.2) is 29.2 Å². The molecule has 0 unspecified atom stereocenters. The first kappa shape index (κ1) is 12.2. The smallest absolute Gasteiger partial charge is 0.176 e. The van der Waals surface area contributed by atoms with Crippen molar-refractivity contribution in [3.8, 4) is 11.8 Å². The third-order valence-electron chi connectivity index (χ3n) is 1.75. The summed E-state index contributed by atoms with van der Waals surface area (Å²) >= 11 is 4.03. The fourth-order valence-corrected chi connectivity index (χ4v) is 2.06. The summed E-state index contributed by atoms with van der Waals surface area (Å²) in [6, 6.07) is 6.75. The maximum Gasteiger partial charge on any atom is 0.176 e. The van der Waals surface area contributed by atoms with Gasteiger partial charge in [0.1, 0.15) is 0 Å². The summed E-state index contributed by atoms with van der Waals surface area (Å²) in [5, 5.41) is 0. The van der Waals surface area contributed by atoms with Gasteiger partial charge >= 0.3 is 0 Å². The Balaban J connectivity index is 3.15. The van der Waals surface area contributed by atoms with Crippen molar-refractivity contribution in [2.75, 3.05) is 12.0 Å². The van der Waals surface area contributed by atoms with Crippen molar-refractivity contribution >= 4 is 22.5 Å². The summed E-state index contributed by atoms with van der Waals surface area (Å²) in [6.45, 7) is 0. The Morgan fingerprint density at radius 3 is 2.60 bits per heavy atom. The minimum atomic E-state index is -3.19. The highest BCUT2D eigenvalue weighted by Gasteiger charge is 2.10. The van der Waals surface area contributed by atoms with Crippen LogP contribution < -0.4 is 0 Å². The molecule has 0 fully saturated rings. The summed E-state index contributed by atoms with van der Waals surface area (Å²) in [5.41, 5.74) is 0.557. The van der Waals surface area contributed by atoms with E-state index in [2.05, 4.69) is 24.5 Å². The highest BCUT2D eigenvalue weighted by Crippen LogP contribution is 2.13. The minimum Gasteiger partial charge on any atom is -0.224 e. The first-order valence-corrected chi connectivity index (χ1v) is 6.97. The van der Waals surface area contributed by atoms with Gasteiger partial charge < -0.3 is 0 Å². The lowest BCUT2D eigenvalue weighted by Gasteiger charge is -2.00. The number of hydrogen-bond acceptors (Lipinski definition) is 3. The van der Waals surface area contributed by atoms with Crippen LogP contribution >= 0.6 is 12.6 Å². The molecule has 0 radical (unpaired) electrons. The van der Waals surface area contributed by atoms with Gasteiger partial charge in [-0.05, 0) is 12.1 Å². The van der Waals surface area contributed by atoms with E-state index in [-0.39, 0.29) is 4.90 Å². The zero-order chi connectivity index (χ0) is 11.3. The van der Waals surface area contributed by atoms with Crippen molar-refractivity contribution in [2.45, 2.75) is 11.3 Å². The molecule has 0 saturated carbocycles. The summed E-state index contributed by atoms with van der Waals surface area (Å²) in [5.74, 6) is 6.39. The first-order valence-electron chi connectivity index (χ1n) is 4.44. The number of thiol groups is 1. The third kappa shape index (κ3) is 3.61. The van der Waals surface area contributed by atoms with Gasteiger partial charge in [-0.15, -0.1) is 0 Å². The van der Waals surface area contributed by atoms with Crippen molar-refractivity contribution in [2.24, 2.45) is 0 Å². The number of sulfone groups is 1. The van der Waals surface area contributed by atoms with E-state index in [1.54, 1.807) is 24.3 Å². The maximum atomic E-state index is 11.4. The fourth-order valence-electron chi connectivity index (χ4n) is 1.11. The van der Waals surface area contributed by atoms with Crippen LogP contribution in [-0.4, -0.2) is 20.4 Å². The maximum absolute atomic E-state index is 11.4. The lowest BCUT2D eigenvalue weighted by Crippen LogP contribution is -1.99. The molecule has 0 amide bonds. The molecule has 0 spiro atoms. The van der Waals surface area contributed by atoms with Crippen LogP contribution in [-0.2, 0) is 9.84 Å². The number of rotatable bonds is 2. The largest absolute Gasteiger partial charge is 0.224 e. The molecule has 0 N–H and O–H groups in total. The zero-order valence-electron chi connectivity index (χ0n) is 8.40. The topological polar surface area (TPSA) is 34.1 Å². The van der Waals surface area contributed by atoms with Crippen LogP contribution in [0.5, 0.6) is 0 Å². The highest BCUT2D eigenvalue weighted by molar-refractivity contribution is 7.90. The number of hydrogen-bond donors (Lipinski definition) is 1. The van der Waals surface area contributed by atoms with E-state index >= 15 is 0 Å². The third-order valence-corrected chi connectivity index (χ3v) is 3.12.